The smallest absolute Gasteiger partial charge is 0.0207 e. The Morgan fingerprint density at radius 1 is 1.33 bits per heavy atom. The number of nitrogens with one attached hydrogen (secondary N) is 2. The molecule has 2 atom stereocenters. The molecule has 104 valence electrons. The molecule has 0 spiro atoms. The van der Waals surface area contributed by atoms with Gasteiger partial charge in [0.15, 0.2) is 0 Å². The lowest BCUT2D eigenvalue weighted by molar-refractivity contribution is 0.257. The Kier molecular flexibility index (Phi) is 3.92. The van der Waals surface area contributed by atoms with Crippen LogP contribution in [0, 0.1) is 5.41 Å². The zero-order chi connectivity index (χ0) is 12.4. The Labute approximate surface area is 112 Å². The summed E-state index contributed by atoms with van der Waals surface area (Å²) in [6.45, 7) is 8.65. The van der Waals surface area contributed by atoms with Gasteiger partial charge in [0.1, 0.15) is 0 Å². The van der Waals surface area contributed by atoms with Crippen molar-refractivity contribution in [3.05, 3.63) is 0 Å². The van der Waals surface area contributed by atoms with Crippen LogP contribution in [0.25, 0.3) is 0 Å². The first-order valence-corrected chi connectivity index (χ1v) is 7.99. The van der Waals surface area contributed by atoms with Crippen LogP contribution in [-0.4, -0.2) is 49.7 Å². The van der Waals surface area contributed by atoms with Crippen molar-refractivity contribution in [2.45, 2.75) is 57.5 Å². The van der Waals surface area contributed by atoms with Gasteiger partial charge in [-0.25, -0.2) is 0 Å². The Morgan fingerprint density at radius 3 is 2.89 bits per heavy atom. The Bertz CT molecular complexity index is 269. The molecule has 1 saturated carbocycles. The van der Waals surface area contributed by atoms with E-state index in [2.05, 4.69) is 22.5 Å². The average molecular weight is 251 g/mol. The third-order valence-corrected chi connectivity index (χ3v) is 5.16. The third kappa shape index (κ3) is 2.89. The predicted molar refractivity (Wildman–Crippen MR) is 75.8 cm³/mol. The first-order valence-electron chi connectivity index (χ1n) is 7.99. The molecule has 18 heavy (non-hydrogen) atoms. The second-order valence-corrected chi connectivity index (χ2v) is 6.77. The van der Waals surface area contributed by atoms with Gasteiger partial charge in [-0.1, -0.05) is 13.3 Å². The highest BCUT2D eigenvalue weighted by molar-refractivity contribution is 4.94. The first kappa shape index (κ1) is 12.9. The summed E-state index contributed by atoms with van der Waals surface area (Å²) in [5.41, 5.74) is 0.557. The normalized spacial score (nSPS) is 37.5. The first-order chi connectivity index (χ1) is 8.81. The molecule has 3 nitrogen and oxygen atoms in total. The molecule has 0 aromatic rings. The molecule has 2 heterocycles. The molecule has 3 aliphatic rings. The maximum absolute atomic E-state index is 3.88. The molecule has 0 radical (unpaired) electrons. The Morgan fingerprint density at radius 2 is 2.22 bits per heavy atom. The van der Waals surface area contributed by atoms with E-state index in [1.807, 2.05) is 0 Å². The molecule has 0 aromatic heterocycles. The molecule has 2 aliphatic heterocycles. The van der Waals surface area contributed by atoms with Crippen molar-refractivity contribution in [1.82, 2.24) is 15.5 Å². The molecule has 1 aliphatic carbocycles. The van der Waals surface area contributed by atoms with E-state index in [-0.39, 0.29) is 0 Å². The average Bonchev–Trinajstić information content (AvgIpc) is 2.94. The summed E-state index contributed by atoms with van der Waals surface area (Å²) < 4.78 is 0. The second kappa shape index (κ2) is 5.48. The standard InChI is InChI=1S/C15H29N3/c1-2-6-15(7-8-16-11-15)12-17-13-5-9-18(10-13)14-3-4-14/h13-14,16-17H,2-12H2,1H3. The molecule has 3 rings (SSSR count). The van der Waals surface area contributed by atoms with Gasteiger partial charge < -0.3 is 10.6 Å². The topological polar surface area (TPSA) is 27.3 Å². The van der Waals surface area contributed by atoms with Crippen LogP contribution >= 0.6 is 0 Å². The maximum atomic E-state index is 3.88. The van der Waals surface area contributed by atoms with Gasteiger partial charge in [0.05, 0.1) is 0 Å². The Balaban J connectivity index is 1.45. The lowest BCUT2D eigenvalue weighted by Gasteiger charge is -2.30. The van der Waals surface area contributed by atoms with Crippen molar-refractivity contribution in [2.75, 3.05) is 32.7 Å². The highest BCUT2D eigenvalue weighted by Gasteiger charge is 2.36. The summed E-state index contributed by atoms with van der Waals surface area (Å²) in [5.74, 6) is 0. The molecular weight excluding hydrogens is 222 g/mol. The van der Waals surface area contributed by atoms with E-state index in [1.165, 1.54) is 71.2 Å². The van der Waals surface area contributed by atoms with E-state index >= 15 is 0 Å². The van der Waals surface area contributed by atoms with E-state index in [9.17, 15) is 0 Å². The van der Waals surface area contributed by atoms with E-state index in [4.69, 9.17) is 0 Å². The zero-order valence-electron chi connectivity index (χ0n) is 11.9. The van der Waals surface area contributed by atoms with E-state index in [1.54, 1.807) is 0 Å². The lowest BCUT2D eigenvalue weighted by Crippen LogP contribution is -2.42. The predicted octanol–water partition coefficient (Wildman–Crippen LogP) is 1.59. The Hall–Kier alpha value is -0.120. The van der Waals surface area contributed by atoms with Gasteiger partial charge in [-0.05, 0) is 44.1 Å². The minimum atomic E-state index is 0.557. The van der Waals surface area contributed by atoms with Crippen LogP contribution in [0.4, 0.5) is 0 Å². The van der Waals surface area contributed by atoms with Crippen LogP contribution in [0.2, 0.25) is 0 Å². The van der Waals surface area contributed by atoms with Crippen molar-refractivity contribution in [3.8, 4) is 0 Å². The van der Waals surface area contributed by atoms with Crippen LogP contribution in [0.3, 0.4) is 0 Å². The minimum absolute atomic E-state index is 0.557. The van der Waals surface area contributed by atoms with Crippen molar-refractivity contribution < 1.29 is 0 Å². The molecule has 0 amide bonds. The van der Waals surface area contributed by atoms with E-state index in [0.717, 1.165) is 12.1 Å². The molecular formula is C15H29N3. The van der Waals surface area contributed by atoms with Gasteiger partial charge in [0.25, 0.3) is 0 Å². The minimum Gasteiger partial charge on any atom is -0.316 e. The summed E-state index contributed by atoms with van der Waals surface area (Å²) in [6.07, 6.45) is 8.35. The van der Waals surface area contributed by atoms with Crippen LogP contribution in [0.5, 0.6) is 0 Å². The highest BCUT2D eigenvalue weighted by Crippen LogP contribution is 2.32. The van der Waals surface area contributed by atoms with E-state index in [0.29, 0.717) is 5.41 Å². The summed E-state index contributed by atoms with van der Waals surface area (Å²) in [7, 11) is 0. The fraction of sp³-hybridized carbons (Fsp3) is 1.00. The fourth-order valence-corrected chi connectivity index (χ4v) is 3.86. The lowest BCUT2D eigenvalue weighted by atomic mass is 9.82. The van der Waals surface area contributed by atoms with Crippen molar-refractivity contribution in [1.29, 1.82) is 0 Å². The van der Waals surface area contributed by atoms with Crippen LogP contribution in [0.1, 0.15) is 45.4 Å². The van der Waals surface area contributed by atoms with Crippen molar-refractivity contribution >= 4 is 0 Å². The maximum Gasteiger partial charge on any atom is 0.0207 e. The molecule has 0 aromatic carbocycles. The summed E-state index contributed by atoms with van der Waals surface area (Å²) in [6, 6.07) is 1.72. The number of nitrogens with zero attached hydrogens (tertiary/aromatic N) is 1. The summed E-state index contributed by atoms with van der Waals surface area (Å²) >= 11 is 0. The van der Waals surface area contributed by atoms with Crippen LogP contribution < -0.4 is 10.6 Å². The van der Waals surface area contributed by atoms with Crippen LogP contribution in [-0.2, 0) is 0 Å². The quantitative estimate of drug-likeness (QED) is 0.751. The number of hydrogen-bond acceptors (Lipinski definition) is 3. The second-order valence-electron chi connectivity index (χ2n) is 6.77. The number of hydrogen-bond donors (Lipinski definition) is 2. The van der Waals surface area contributed by atoms with Gasteiger partial charge in [-0.3, -0.25) is 4.90 Å². The fourth-order valence-electron chi connectivity index (χ4n) is 3.86. The van der Waals surface area contributed by atoms with Gasteiger partial charge >= 0.3 is 0 Å². The van der Waals surface area contributed by atoms with Gasteiger partial charge in [0, 0.05) is 38.3 Å². The monoisotopic (exact) mass is 251 g/mol. The molecule has 0 bridgehead atoms. The molecule has 3 fully saturated rings. The molecule has 2 saturated heterocycles. The van der Waals surface area contributed by atoms with Crippen molar-refractivity contribution in [2.24, 2.45) is 5.41 Å². The zero-order valence-corrected chi connectivity index (χ0v) is 11.9. The van der Waals surface area contributed by atoms with Crippen molar-refractivity contribution in [3.63, 3.8) is 0 Å². The SMILES string of the molecule is CCCC1(CNC2CCN(C3CC3)C2)CCNC1. The highest BCUT2D eigenvalue weighted by atomic mass is 15.2. The third-order valence-electron chi connectivity index (χ3n) is 5.16. The van der Waals surface area contributed by atoms with Gasteiger partial charge in [0.2, 0.25) is 0 Å². The number of likely N-dealkylation sites (tertiary alicyclic amines) is 1. The molecule has 3 heteroatoms. The van der Waals surface area contributed by atoms with Gasteiger partial charge in [-0.15, -0.1) is 0 Å². The molecule has 2 unspecified atom stereocenters. The summed E-state index contributed by atoms with van der Waals surface area (Å²) in [4.78, 5) is 2.71. The van der Waals surface area contributed by atoms with Gasteiger partial charge in [-0.2, -0.15) is 0 Å². The van der Waals surface area contributed by atoms with Crippen LogP contribution in [0.15, 0.2) is 0 Å². The van der Waals surface area contributed by atoms with E-state index < -0.39 is 0 Å². The largest absolute Gasteiger partial charge is 0.316 e. The number of rotatable bonds is 6. The summed E-state index contributed by atoms with van der Waals surface area (Å²) in [5, 5.41) is 7.44. The molecule has 2 N–H and O–H groups in total.